The summed E-state index contributed by atoms with van der Waals surface area (Å²) in [4.78, 5) is 11.6. The van der Waals surface area contributed by atoms with Gasteiger partial charge in [0.15, 0.2) is 0 Å². The van der Waals surface area contributed by atoms with Crippen LogP contribution in [0.25, 0.3) is 6.08 Å². The van der Waals surface area contributed by atoms with Gasteiger partial charge >= 0.3 is 0 Å². The Kier molecular flexibility index (Phi) is 7.63. The third-order valence-electron chi connectivity index (χ3n) is 2.58. The first-order valence-corrected chi connectivity index (χ1v) is 5.81. The van der Waals surface area contributed by atoms with Crippen LogP contribution in [0.15, 0.2) is 24.3 Å². The smallest absolute Gasteiger partial charge is 0.244 e. The fraction of sp³-hybridized carbons (Fsp3) is 0.308. The molecule has 1 aromatic rings. The van der Waals surface area contributed by atoms with Crippen LogP contribution >= 0.6 is 12.4 Å². The van der Waals surface area contributed by atoms with E-state index in [1.165, 1.54) is 6.08 Å². The highest BCUT2D eigenvalue weighted by molar-refractivity contribution is 5.92. The number of nitrogens with two attached hydrogens (primary N) is 2. The number of halogens is 1. The van der Waals surface area contributed by atoms with Crippen molar-refractivity contribution in [3.8, 4) is 0 Å². The van der Waals surface area contributed by atoms with Crippen LogP contribution in [0, 0.1) is 0 Å². The van der Waals surface area contributed by atoms with Crippen LogP contribution in [0.4, 0.5) is 11.4 Å². The monoisotopic (exact) mass is 285 g/mol. The van der Waals surface area contributed by atoms with Crippen molar-refractivity contribution < 1.29 is 9.90 Å². The average Bonchev–Trinajstić information content (AvgIpc) is 2.37. The SMILES string of the molecule is CCC(CO)NC(=O)C=Cc1cc(N)ccc1N.Cl. The molecule has 1 unspecified atom stereocenters. The van der Waals surface area contributed by atoms with Crippen LogP contribution < -0.4 is 16.8 Å². The summed E-state index contributed by atoms with van der Waals surface area (Å²) in [6.07, 6.45) is 3.66. The first-order valence-electron chi connectivity index (χ1n) is 5.81. The maximum Gasteiger partial charge on any atom is 0.244 e. The van der Waals surface area contributed by atoms with Crippen LogP contribution in [0.2, 0.25) is 0 Å². The number of hydrogen-bond donors (Lipinski definition) is 4. The highest BCUT2D eigenvalue weighted by Crippen LogP contribution is 2.16. The Morgan fingerprint density at radius 2 is 2.16 bits per heavy atom. The Morgan fingerprint density at radius 3 is 2.74 bits per heavy atom. The zero-order valence-corrected chi connectivity index (χ0v) is 11.6. The summed E-state index contributed by atoms with van der Waals surface area (Å²) in [6, 6.07) is 4.86. The Bertz CT molecular complexity index is 446. The molecular weight excluding hydrogens is 266 g/mol. The minimum Gasteiger partial charge on any atom is -0.399 e. The highest BCUT2D eigenvalue weighted by Gasteiger charge is 2.06. The molecule has 0 aromatic heterocycles. The molecule has 6 N–H and O–H groups in total. The van der Waals surface area contributed by atoms with Gasteiger partial charge in [-0.3, -0.25) is 4.79 Å². The number of nitrogens with one attached hydrogen (secondary N) is 1. The van der Waals surface area contributed by atoms with Gasteiger partial charge in [-0.15, -0.1) is 12.4 Å². The lowest BCUT2D eigenvalue weighted by molar-refractivity contribution is -0.117. The van der Waals surface area contributed by atoms with Gasteiger partial charge in [-0.2, -0.15) is 0 Å². The molecule has 106 valence electrons. The summed E-state index contributed by atoms with van der Waals surface area (Å²) in [5.41, 5.74) is 13.2. The van der Waals surface area contributed by atoms with Gasteiger partial charge in [0.25, 0.3) is 0 Å². The van der Waals surface area contributed by atoms with E-state index in [4.69, 9.17) is 16.6 Å². The molecule has 1 aromatic carbocycles. The van der Waals surface area contributed by atoms with Crippen molar-refractivity contribution in [2.24, 2.45) is 0 Å². The standard InChI is InChI=1S/C13H19N3O2.ClH/c1-2-11(8-17)16-13(18)6-3-9-7-10(14)4-5-12(9)15;/h3-7,11,17H,2,8,14-15H2,1H3,(H,16,18);1H. The molecule has 1 atom stereocenters. The second-order valence-electron chi connectivity index (χ2n) is 4.02. The molecule has 0 saturated carbocycles. The minimum atomic E-state index is -0.266. The predicted octanol–water partition coefficient (Wildman–Crippen LogP) is 1.17. The van der Waals surface area contributed by atoms with Crippen LogP contribution in [0.5, 0.6) is 0 Å². The lowest BCUT2D eigenvalue weighted by atomic mass is 10.1. The number of benzene rings is 1. The number of anilines is 2. The molecule has 0 fully saturated rings. The van der Waals surface area contributed by atoms with Gasteiger partial charge in [-0.05, 0) is 36.3 Å². The molecule has 0 bridgehead atoms. The van der Waals surface area contributed by atoms with E-state index in [9.17, 15) is 4.79 Å². The number of aliphatic hydroxyl groups is 1. The number of carbonyl (C=O) groups excluding carboxylic acids is 1. The Morgan fingerprint density at radius 1 is 1.47 bits per heavy atom. The van der Waals surface area contributed by atoms with Crippen molar-refractivity contribution in [2.75, 3.05) is 18.1 Å². The fourth-order valence-corrected chi connectivity index (χ4v) is 1.43. The molecule has 1 rings (SSSR count). The lowest BCUT2D eigenvalue weighted by Gasteiger charge is -2.11. The molecule has 19 heavy (non-hydrogen) atoms. The molecule has 0 spiro atoms. The van der Waals surface area contributed by atoms with Gasteiger partial charge in [0.05, 0.1) is 12.6 Å². The second-order valence-corrected chi connectivity index (χ2v) is 4.02. The van der Waals surface area contributed by atoms with Crippen molar-refractivity contribution in [3.63, 3.8) is 0 Å². The number of aliphatic hydroxyl groups excluding tert-OH is 1. The number of rotatable bonds is 5. The first kappa shape index (κ1) is 17.3. The third kappa shape index (κ3) is 5.63. The van der Waals surface area contributed by atoms with Crippen LogP contribution in [0.3, 0.4) is 0 Å². The zero-order valence-electron chi connectivity index (χ0n) is 10.8. The molecule has 6 heteroatoms. The van der Waals surface area contributed by atoms with E-state index in [-0.39, 0.29) is 31.0 Å². The number of hydrogen-bond acceptors (Lipinski definition) is 4. The summed E-state index contributed by atoms with van der Waals surface area (Å²) in [6.45, 7) is 1.82. The van der Waals surface area contributed by atoms with Gasteiger partial charge in [0.1, 0.15) is 0 Å². The average molecular weight is 286 g/mol. The summed E-state index contributed by atoms with van der Waals surface area (Å²) in [5.74, 6) is -0.266. The van der Waals surface area contributed by atoms with Gasteiger partial charge in [-0.1, -0.05) is 6.92 Å². The highest BCUT2D eigenvalue weighted by atomic mass is 35.5. The molecule has 0 heterocycles. The lowest BCUT2D eigenvalue weighted by Crippen LogP contribution is -2.35. The van der Waals surface area contributed by atoms with Crippen LogP contribution in [-0.4, -0.2) is 23.7 Å². The van der Waals surface area contributed by atoms with Crippen molar-refractivity contribution in [1.29, 1.82) is 0 Å². The molecule has 0 radical (unpaired) electrons. The van der Waals surface area contributed by atoms with E-state index in [0.717, 1.165) is 0 Å². The van der Waals surface area contributed by atoms with Crippen molar-refractivity contribution in [1.82, 2.24) is 5.32 Å². The molecule has 0 aliphatic carbocycles. The number of amides is 1. The van der Waals surface area contributed by atoms with E-state index in [1.807, 2.05) is 6.92 Å². The van der Waals surface area contributed by atoms with Crippen molar-refractivity contribution >= 4 is 35.8 Å². The fourth-order valence-electron chi connectivity index (χ4n) is 1.43. The maximum absolute atomic E-state index is 11.6. The molecule has 0 aliphatic heterocycles. The Hall–Kier alpha value is -1.72. The normalized spacial score (nSPS) is 11.9. The van der Waals surface area contributed by atoms with Crippen LogP contribution in [0.1, 0.15) is 18.9 Å². The van der Waals surface area contributed by atoms with Gasteiger partial charge in [-0.25, -0.2) is 0 Å². The Balaban J connectivity index is 0.00000324. The van der Waals surface area contributed by atoms with E-state index >= 15 is 0 Å². The quantitative estimate of drug-likeness (QED) is 0.482. The summed E-state index contributed by atoms with van der Waals surface area (Å²) in [5, 5.41) is 11.6. The predicted molar refractivity (Wildman–Crippen MR) is 80.9 cm³/mol. The topological polar surface area (TPSA) is 101 Å². The minimum absolute atomic E-state index is 0. The summed E-state index contributed by atoms with van der Waals surface area (Å²) >= 11 is 0. The Labute approximate surface area is 119 Å². The zero-order chi connectivity index (χ0) is 13.5. The number of carbonyl (C=O) groups is 1. The van der Waals surface area contributed by atoms with Crippen molar-refractivity contribution in [3.05, 3.63) is 29.8 Å². The van der Waals surface area contributed by atoms with Gasteiger partial charge < -0.3 is 21.9 Å². The molecule has 0 aliphatic rings. The molecular formula is C13H20ClN3O2. The second kappa shape index (κ2) is 8.39. The number of nitrogen functional groups attached to an aromatic ring is 2. The van der Waals surface area contributed by atoms with E-state index < -0.39 is 0 Å². The molecule has 0 saturated heterocycles. The molecule has 1 amide bonds. The van der Waals surface area contributed by atoms with E-state index in [1.54, 1.807) is 24.3 Å². The summed E-state index contributed by atoms with van der Waals surface area (Å²) < 4.78 is 0. The maximum atomic E-state index is 11.6. The summed E-state index contributed by atoms with van der Waals surface area (Å²) in [7, 11) is 0. The largest absolute Gasteiger partial charge is 0.399 e. The van der Waals surface area contributed by atoms with Gasteiger partial charge in [0.2, 0.25) is 5.91 Å². The van der Waals surface area contributed by atoms with Gasteiger partial charge in [0, 0.05) is 17.5 Å². The third-order valence-corrected chi connectivity index (χ3v) is 2.58. The van der Waals surface area contributed by atoms with Crippen molar-refractivity contribution in [2.45, 2.75) is 19.4 Å². The molecule has 5 nitrogen and oxygen atoms in total. The van der Waals surface area contributed by atoms with E-state index in [2.05, 4.69) is 5.32 Å². The van der Waals surface area contributed by atoms with E-state index in [0.29, 0.717) is 23.4 Å². The first-order chi connectivity index (χ1) is 8.56. The van der Waals surface area contributed by atoms with Crippen LogP contribution in [-0.2, 0) is 4.79 Å².